The molecule has 4 saturated carbocycles. The minimum Gasteiger partial charge on any atom is -0.481 e. The van der Waals surface area contributed by atoms with Crippen molar-refractivity contribution in [3.8, 4) is 0 Å². The minimum atomic E-state index is -1.91. The van der Waals surface area contributed by atoms with Crippen molar-refractivity contribution in [1.29, 1.82) is 0 Å². The van der Waals surface area contributed by atoms with E-state index < -0.39 is 129 Å². The van der Waals surface area contributed by atoms with Crippen LogP contribution in [0.25, 0.3) is 0 Å². The molecule has 11 N–H and O–H groups in total. The summed E-state index contributed by atoms with van der Waals surface area (Å²) >= 11 is 0. The van der Waals surface area contributed by atoms with Gasteiger partial charge in [-0.3, -0.25) is 4.79 Å². The molecule has 0 aromatic carbocycles. The van der Waals surface area contributed by atoms with Crippen LogP contribution in [-0.4, -0.2) is 180 Å². The average molecular weight is 805 g/mol. The lowest BCUT2D eigenvalue weighted by atomic mass is 9.41. The Hall–Kier alpha value is -1.43. The normalized spacial score (nSPS) is 54.6. The number of rotatable bonds is 10. The highest BCUT2D eigenvalue weighted by molar-refractivity contribution is 5.75. The van der Waals surface area contributed by atoms with E-state index in [1.54, 1.807) is 0 Å². The molecule has 0 amide bonds. The molecule has 3 saturated heterocycles. The number of fused-ring (bicyclic) bond motifs is 3. The van der Waals surface area contributed by atoms with Gasteiger partial charge >= 0.3 is 5.97 Å². The monoisotopic (exact) mass is 804 g/mol. The van der Waals surface area contributed by atoms with Crippen LogP contribution in [0.15, 0.2) is 12.2 Å². The fourth-order valence-corrected chi connectivity index (χ4v) is 12.1. The van der Waals surface area contributed by atoms with E-state index in [1.807, 2.05) is 6.92 Å². The van der Waals surface area contributed by atoms with Crippen LogP contribution >= 0.6 is 0 Å². The molecule has 21 atom stereocenters. The predicted molar refractivity (Wildman–Crippen MR) is 187 cm³/mol. The van der Waals surface area contributed by atoms with Crippen LogP contribution in [0.2, 0.25) is 0 Å². The zero-order valence-electron chi connectivity index (χ0n) is 31.8. The third-order valence-electron chi connectivity index (χ3n) is 15.0. The molecule has 7 rings (SSSR count). The highest BCUT2D eigenvalue weighted by atomic mass is 16.8. The molecule has 7 fully saturated rings. The van der Waals surface area contributed by atoms with E-state index in [0.29, 0.717) is 32.1 Å². The fraction of sp³-hybridized carbons (Fsp3) is 0.921. The molecule has 4 aliphatic carbocycles. The van der Waals surface area contributed by atoms with E-state index in [2.05, 4.69) is 13.5 Å². The van der Waals surface area contributed by atoms with Crippen LogP contribution in [0, 0.1) is 28.1 Å². The Bertz CT molecular complexity index is 1450. The van der Waals surface area contributed by atoms with Crippen molar-refractivity contribution >= 4 is 5.97 Å². The van der Waals surface area contributed by atoms with E-state index in [0.717, 1.165) is 31.3 Å². The van der Waals surface area contributed by atoms with Gasteiger partial charge in [-0.15, -0.1) is 0 Å². The van der Waals surface area contributed by atoms with E-state index in [4.69, 9.17) is 28.4 Å². The summed E-state index contributed by atoms with van der Waals surface area (Å²) < 4.78 is 36.7. The van der Waals surface area contributed by atoms with E-state index in [-0.39, 0.29) is 22.7 Å². The van der Waals surface area contributed by atoms with Gasteiger partial charge in [-0.2, -0.15) is 0 Å². The Balaban J connectivity index is 1.21. The molecule has 18 nitrogen and oxygen atoms in total. The summed E-state index contributed by atoms with van der Waals surface area (Å²) in [4.78, 5) is 12.7. The van der Waals surface area contributed by atoms with Crippen LogP contribution < -0.4 is 0 Å². The van der Waals surface area contributed by atoms with E-state index >= 15 is 0 Å². The number of aliphatic hydroxyl groups excluding tert-OH is 10. The second kappa shape index (κ2) is 15.6. The van der Waals surface area contributed by atoms with Crippen LogP contribution in [0.3, 0.4) is 0 Å². The lowest BCUT2D eigenvalue weighted by Gasteiger charge is -2.64. The van der Waals surface area contributed by atoms with Crippen LogP contribution in [0.5, 0.6) is 0 Å². The molecule has 1 spiro atoms. The van der Waals surface area contributed by atoms with Gasteiger partial charge < -0.3 is 84.6 Å². The number of aliphatic hydroxyl groups is 10. The molecule has 3 heterocycles. The Morgan fingerprint density at radius 1 is 0.679 bits per heavy atom. The summed E-state index contributed by atoms with van der Waals surface area (Å²) in [7, 11) is 0. The van der Waals surface area contributed by atoms with Gasteiger partial charge in [0.05, 0.1) is 30.8 Å². The van der Waals surface area contributed by atoms with Gasteiger partial charge in [-0.05, 0) is 86.5 Å². The zero-order valence-corrected chi connectivity index (χ0v) is 31.8. The molecule has 0 aromatic heterocycles. The van der Waals surface area contributed by atoms with E-state index in [1.165, 1.54) is 0 Å². The zero-order chi connectivity index (χ0) is 40.7. The Labute approximate surface area is 324 Å². The third-order valence-corrected chi connectivity index (χ3v) is 15.0. The second-order valence-corrected chi connectivity index (χ2v) is 18.0. The molecular weight excluding hydrogens is 744 g/mol. The molecule has 0 aromatic rings. The maximum Gasteiger partial charge on any atom is 0.309 e. The maximum atomic E-state index is 12.7. The van der Waals surface area contributed by atoms with Gasteiger partial charge in [0.25, 0.3) is 0 Å². The van der Waals surface area contributed by atoms with E-state index in [9.17, 15) is 61.0 Å². The largest absolute Gasteiger partial charge is 0.481 e. The summed E-state index contributed by atoms with van der Waals surface area (Å²) in [5, 5.41) is 116. The SMILES string of the molecule is C=C1C[C@@]23CCC4[C@@](C)(CCC[C@@]4(C)C(=O)O)C2CC[C@]1(O[C@H]1O[C@@H](CO)[C@H](O)[C@@H](O[C@H]2O[C@@H](CO)[C@H](O)[C@@H](O)[C@@H]2O)[C@@H]1O[C@H]1O[C@@H](CO)[C@H](O)[C@@H](O)[C@@H]1O)C3. The van der Waals surface area contributed by atoms with Crippen LogP contribution in [-0.2, 0) is 33.2 Å². The minimum absolute atomic E-state index is 0.00993. The number of ether oxygens (including phenoxy) is 6. The molecule has 2 bridgehead atoms. The van der Waals surface area contributed by atoms with Crippen molar-refractivity contribution in [2.45, 2.75) is 169 Å². The highest BCUT2D eigenvalue weighted by Crippen LogP contribution is 2.73. The van der Waals surface area contributed by atoms with Crippen molar-refractivity contribution < 1.29 is 89.4 Å². The first-order chi connectivity index (χ1) is 26.4. The average Bonchev–Trinajstić information content (AvgIpc) is 3.36. The summed E-state index contributed by atoms with van der Waals surface area (Å²) in [5.41, 5.74) is -1.63. The molecular formula is C38H60O18. The molecule has 3 aliphatic heterocycles. The second-order valence-electron chi connectivity index (χ2n) is 18.0. The molecule has 2 unspecified atom stereocenters. The summed E-state index contributed by atoms with van der Waals surface area (Å²) in [5.74, 6) is -0.606. The highest BCUT2D eigenvalue weighted by Gasteiger charge is 2.69. The van der Waals surface area contributed by atoms with Crippen LogP contribution in [0.4, 0.5) is 0 Å². The predicted octanol–water partition coefficient (Wildman–Crippen LogP) is -2.37. The number of hydrogen-bond donors (Lipinski definition) is 11. The first-order valence-corrected chi connectivity index (χ1v) is 19.9. The van der Waals surface area contributed by atoms with Gasteiger partial charge in [0, 0.05) is 0 Å². The Morgan fingerprint density at radius 2 is 1.20 bits per heavy atom. The number of hydrogen-bond acceptors (Lipinski definition) is 17. The number of carbonyl (C=O) groups is 1. The first kappa shape index (κ1) is 42.7. The molecule has 7 aliphatic rings. The summed E-state index contributed by atoms with van der Waals surface area (Å²) in [6.45, 7) is 6.28. The lowest BCUT2D eigenvalue weighted by molar-refractivity contribution is -0.400. The quantitative estimate of drug-likeness (QED) is 0.0812. The van der Waals surface area contributed by atoms with Crippen molar-refractivity contribution in [3.05, 3.63) is 12.2 Å². The number of carboxylic acid groups (broad SMARTS) is 1. The van der Waals surface area contributed by atoms with Crippen LogP contribution in [0.1, 0.15) is 71.6 Å². The van der Waals surface area contributed by atoms with Gasteiger partial charge in [-0.1, -0.05) is 19.9 Å². The lowest BCUT2D eigenvalue weighted by Crippen LogP contribution is -2.68. The third kappa shape index (κ3) is 6.69. The molecule has 320 valence electrons. The topological polar surface area (TPSA) is 295 Å². The summed E-state index contributed by atoms with van der Waals surface area (Å²) in [6.07, 6.45) is -19.3. The molecule has 56 heavy (non-hydrogen) atoms. The number of aliphatic carboxylic acids is 1. The first-order valence-electron chi connectivity index (χ1n) is 19.9. The van der Waals surface area contributed by atoms with Crippen molar-refractivity contribution in [1.82, 2.24) is 0 Å². The van der Waals surface area contributed by atoms with Gasteiger partial charge in [-0.25, -0.2) is 0 Å². The molecule has 0 radical (unpaired) electrons. The molecule has 18 heteroatoms. The Kier molecular flexibility index (Phi) is 11.9. The fourth-order valence-electron chi connectivity index (χ4n) is 12.1. The standard InChI is InChI=1S/C38H60O18/c1-16-11-37-9-5-20-35(2,7-4-8-36(20,3)34(49)50)21(37)6-10-38(16,15-37)56-33-30(55-32-28(48)26(46)23(43)18(13-40)52-32)29(24(44)19(14-41)53-33)54-31-27(47)25(45)22(42)17(12-39)51-31/h17-33,39-48H,1,4-15H2,2-3H3,(H,49,50)/t17-,18-,19-,20?,21?,22-,23-,24-,25+,26+,27-,28-,29+,30-,31+,32+,33+,35+,36+,37+,38-/m0/s1. The van der Waals surface area contributed by atoms with Gasteiger partial charge in [0.2, 0.25) is 0 Å². The van der Waals surface area contributed by atoms with Gasteiger partial charge in [0.1, 0.15) is 73.2 Å². The van der Waals surface area contributed by atoms with Crippen molar-refractivity contribution in [2.24, 2.45) is 28.1 Å². The smallest absolute Gasteiger partial charge is 0.309 e. The van der Waals surface area contributed by atoms with Crippen molar-refractivity contribution in [2.75, 3.05) is 19.8 Å². The van der Waals surface area contributed by atoms with Crippen molar-refractivity contribution in [3.63, 3.8) is 0 Å². The number of carboxylic acids is 1. The summed E-state index contributed by atoms with van der Waals surface area (Å²) in [6, 6.07) is 0. The maximum absolute atomic E-state index is 12.7. The van der Waals surface area contributed by atoms with Gasteiger partial charge in [0.15, 0.2) is 18.9 Å². The Morgan fingerprint density at radius 3 is 1.75 bits per heavy atom.